The molecule has 0 bridgehead atoms. The van der Waals surface area contributed by atoms with E-state index in [1.807, 2.05) is 0 Å². The fourth-order valence-corrected chi connectivity index (χ4v) is 1.91. The summed E-state index contributed by atoms with van der Waals surface area (Å²) in [7, 11) is 0. The van der Waals surface area contributed by atoms with Crippen LogP contribution in [0, 0.1) is 17.5 Å². The molecule has 106 valence electrons. The van der Waals surface area contributed by atoms with Gasteiger partial charge in [-0.15, -0.1) is 0 Å². The Kier molecular flexibility index (Phi) is 2.90. The van der Waals surface area contributed by atoms with Gasteiger partial charge in [0.25, 0.3) is 0 Å². The first kappa shape index (κ1) is 13.2. The Morgan fingerprint density at radius 2 is 1.76 bits per heavy atom. The number of carboxylic acid groups (broad SMARTS) is 1. The lowest BCUT2D eigenvalue weighted by Crippen LogP contribution is -1.94. The average Bonchev–Trinajstić information content (AvgIpc) is 2.79. The molecule has 2 aromatic carbocycles. The van der Waals surface area contributed by atoms with E-state index in [1.165, 1.54) is 18.2 Å². The molecule has 0 fully saturated rings. The molecule has 0 atom stereocenters. The maximum atomic E-state index is 13.7. The minimum Gasteiger partial charge on any atom is -0.478 e. The molecule has 0 saturated heterocycles. The van der Waals surface area contributed by atoms with Crippen LogP contribution in [0.3, 0.4) is 0 Å². The fraction of sp³-hybridized carbons (Fsp3) is 0. The Bertz CT molecular complexity index is 850. The number of oxazole rings is 1. The van der Waals surface area contributed by atoms with Crippen LogP contribution in [0.25, 0.3) is 22.6 Å². The highest BCUT2D eigenvalue weighted by molar-refractivity contribution is 5.92. The van der Waals surface area contributed by atoms with E-state index in [0.29, 0.717) is 12.1 Å². The summed E-state index contributed by atoms with van der Waals surface area (Å²) < 4.78 is 45.4. The molecule has 1 aromatic heterocycles. The smallest absolute Gasteiger partial charge is 0.335 e. The SMILES string of the molecule is O=C(O)c1ccc2oc(-c3c(F)cc(F)cc3F)nc2c1. The average molecular weight is 293 g/mol. The molecule has 0 saturated carbocycles. The first-order chi connectivity index (χ1) is 9.95. The zero-order chi connectivity index (χ0) is 15.1. The fourth-order valence-electron chi connectivity index (χ4n) is 1.91. The Labute approximate surface area is 115 Å². The second-order valence-corrected chi connectivity index (χ2v) is 4.25. The number of hydrogen-bond acceptors (Lipinski definition) is 3. The van der Waals surface area contributed by atoms with Crippen LogP contribution >= 0.6 is 0 Å². The van der Waals surface area contributed by atoms with Gasteiger partial charge in [0.05, 0.1) is 5.56 Å². The Balaban J connectivity index is 2.20. The number of fused-ring (bicyclic) bond motifs is 1. The number of aromatic nitrogens is 1. The highest BCUT2D eigenvalue weighted by Crippen LogP contribution is 2.29. The van der Waals surface area contributed by atoms with Crippen LogP contribution in [0.5, 0.6) is 0 Å². The zero-order valence-corrected chi connectivity index (χ0v) is 10.2. The summed E-state index contributed by atoms with van der Waals surface area (Å²) in [6.07, 6.45) is 0. The topological polar surface area (TPSA) is 63.3 Å². The van der Waals surface area contributed by atoms with Gasteiger partial charge >= 0.3 is 5.97 Å². The largest absolute Gasteiger partial charge is 0.478 e. The molecule has 4 nitrogen and oxygen atoms in total. The number of benzene rings is 2. The molecule has 0 aliphatic rings. The lowest BCUT2D eigenvalue weighted by Gasteiger charge is -2.00. The molecule has 0 amide bonds. The number of nitrogens with zero attached hydrogens (tertiary/aromatic N) is 1. The van der Waals surface area contributed by atoms with Crippen LogP contribution in [-0.2, 0) is 0 Å². The van der Waals surface area contributed by atoms with Crippen LogP contribution in [0.2, 0.25) is 0 Å². The van der Waals surface area contributed by atoms with E-state index in [9.17, 15) is 18.0 Å². The van der Waals surface area contributed by atoms with E-state index >= 15 is 0 Å². The molecule has 1 N–H and O–H groups in total. The molecule has 3 aromatic rings. The second-order valence-electron chi connectivity index (χ2n) is 4.25. The predicted molar refractivity (Wildman–Crippen MR) is 66.3 cm³/mol. The van der Waals surface area contributed by atoms with Crippen LogP contribution in [0.4, 0.5) is 13.2 Å². The third kappa shape index (κ3) is 2.22. The minimum atomic E-state index is -1.17. The summed E-state index contributed by atoms with van der Waals surface area (Å²) in [5.41, 5.74) is -0.349. The van der Waals surface area contributed by atoms with Gasteiger partial charge in [-0.3, -0.25) is 0 Å². The van der Waals surface area contributed by atoms with Crippen molar-refractivity contribution in [3.8, 4) is 11.5 Å². The summed E-state index contributed by atoms with van der Waals surface area (Å²) in [5, 5.41) is 8.87. The van der Waals surface area contributed by atoms with Crippen LogP contribution in [-0.4, -0.2) is 16.1 Å². The van der Waals surface area contributed by atoms with E-state index in [1.54, 1.807) is 0 Å². The van der Waals surface area contributed by atoms with Crippen LogP contribution in [0.15, 0.2) is 34.7 Å². The molecule has 1 heterocycles. The van der Waals surface area contributed by atoms with E-state index in [4.69, 9.17) is 9.52 Å². The van der Waals surface area contributed by atoms with Crippen molar-refractivity contribution in [1.82, 2.24) is 4.98 Å². The van der Waals surface area contributed by atoms with Gasteiger partial charge in [0.1, 0.15) is 28.5 Å². The van der Waals surface area contributed by atoms with Gasteiger partial charge in [-0.2, -0.15) is 0 Å². The van der Waals surface area contributed by atoms with Crippen molar-refractivity contribution in [2.45, 2.75) is 0 Å². The number of aromatic carboxylic acids is 1. The van der Waals surface area contributed by atoms with Crippen molar-refractivity contribution in [3.05, 3.63) is 53.3 Å². The highest BCUT2D eigenvalue weighted by Gasteiger charge is 2.19. The van der Waals surface area contributed by atoms with Crippen molar-refractivity contribution in [2.75, 3.05) is 0 Å². The van der Waals surface area contributed by atoms with Crippen LogP contribution < -0.4 is 0 Å². The standard InChI is InChI=1S/C14H6F3NO3/c15-7-4-8(16)12(9(17)5-7)13-18-10-3-6(14(19)20)1-2-11(10)21-13/h1-5H,(H,19,20). The predicted octanol–water partition coefficient (Wildman–Crippen LogP) is 3.61. The number of hydrogen-bond donors (Lipinski definition) is 1. The first-order valence-corrected chi connectivity index (χ1v) is 5.74. The zero-order valence-electron chi connectivity index (χ0n) is 10.2. The lowest BCUT2D eigenvalue weighted by molar-refractivity contribution is 0.0697. The summed E-state index contributed by atoms with van der Waals surface area (Å²) in [6.45, 7) is 0. The van der Waals surface area contributed by atoms with Crippen molar-refractivity contribution in [3.63, 3.8) is 0 Å². The van der Waals surface area contributed by atoms with E-state index in [-0.39, 0.29) is 22.6 Å². The van der Waals surface area contributed by atoms with Gasteiger partial charge in [-0.1, -0.05) is 0 Å². The maximum absolute atomic E-state index is 13.7. The number of carboxylic acids is 1. The summed E-state index contributed by atoms with van der Waals surface area (Å²) in [4.78, 5) is 14.7. The molecule has 7 heteroatoms. The third-order valence-electron chi connectivity index (χ3n) is 2.86. The summed E-state index contributed by atoms with van der Waals surface area (Å²) in [5.74, 6) is -4.92. The van der Waals surface area contributed by atoms with Gasteiger partial charge in [-0.25, -0.2) is 22.9 Å². The van der Waals surface area contributed by atoms with Crippen molar-refractivity contribution >= 4 is 17.1 Å². The Morgan fingerprint density at radius 1 is 1.10 bits per heavy atom. The molecule has 0 aliphatic carbocycles. The Hall–Kier alpha value is -2.83. The van der Waals surface area contributed by atoms with Gasteiger partial charge < -0.3 is 9.52 Å². The molecule has 0 radical (unpaired) electrons. The van der Waals surface area contributed by atoms with Gasteiger partial charge in [0.15, 0.2) is 5.58 Å². The first-order valence-electron chi connectivity index (χ1n) is 5.74. The molecule has 0 unspecified atom stereocenters. The highest BCUT2D eigenvalue weighted by atomic mass is 19.1. The molecule has 21 heavy (non-hydrogen) atoms. The molecular weight excluding hydrogens is 287 g/mol. The van der Waals surface area contributed by atoms with Gasteiger partial charge in [0, 0.05) is 12.1 Å². The van der Waals surface area contributed by atoms with Gasteiger partial charge in [-0.05, 0) is 18.2 Å². The number of halogens is 3. The van der Waals surface area contributed by atoms with Crippen molar-refractivity contribution in [2.24, 2.45) is 0 Å². The second kappa shape index (κ2) is 4.62. The summed E-state index contributed by atoms with van der Waals surface area (Å²) in [6, 6.07) is 4.83. The molecule has 0 spiro atoms. The lowest BCUT2D eigenvalue weighted by atomic mass is 10.2. The number of carbonyl (C=O) groups is 1. The monoisotopic (exact) mass is 293 g/mol. The van der Waals surface area contributed by atoms with Gasteiger partial charge in [0.2, 0.25) is 5.89 Å². The molecular formula is C14H6F3NO3. The van der Waals surface area contributed by atoms with Crippen molar-refractivity contribution < 1.29 is 27.5 Å². The van der Waals surface area contributed by atoms with E-state index in [0.717, 1.165) is 0 Å². The normalized spacial score (nSPS) is 11.0. The minimum absolute atomic E-state index is 0.0394. The number of rotatable bonds is 2. The molecule has 0 aliphatic heterocycles. The Morgan fingerprint density at radius 3 is 2.38 bits per heavy atom. The van der Waals surface area contributed by atoms with E-state index in [2.05, 4.69) is 4.98 Å². The maximum Gasteiger partial charge on any atom is 0.335 e. The third-order valence-corrected chi connectivity index (χ3v) is 2.86. The van der Waals surface area contributed by atoms with Crippen molar-refractivity contribution in [1.29, 1.82) is 0 Å². The van der Waals surface area contributed by atoms with E-state index < -0.39 is 29.0 Å². The molecule has 3 rings (SSSR count). The van der Waals surface area contributed by atoms with Crippen LogP contribution in [0.1, 0.15) is 10.4 Å². The quantitative estimate of drug-likeness (QED) is 0.784. The summed E-state index contributed by atoms with van der Waals surface area (Å²) >= 11 is 0.